The van der Waals surface area contributed by atoms with Crippen LogP contribution in [0.5, 0.6) is 5.75 Å². The Morgan fingerprint density at radius 1 is 1.07 bits per heavy atom. The summed E-state index contributed by atoms with van der Waals surface area (Å²) in [5.41, 5.74) is 1.79. The van der Waals surface area contributed by atoms with E-state index in [9.17, 15) is 9.59 Å². The molecule has 0 aliphatic carbocycles. The van der Waals surface area contributed by atoms with Crippen LogP contribution < -0.4 is 15.0 Å². The summed E-state index contributed by atoms with van der Waals surface area (Å²) >= 11 is 1.46. The molecule has 2 amide bonds. The molecule has 1 N–H and O–H groups in total. The van der Waals surface area contributed by atoms with Gasteiger partial charge in [0.05, 0.1) is 7.11 Å². The monoisotopic (exact) mass is 422 g/mol. The highest BCUT2D eigenvalue weighted by Gasteiger charge is 2.32. The number of thiophene rings is 1. The number of rotatable bonds is 9. The Morgan fingerprint density at radius 3 is 2.53 bits per heavy atom. The molecule has 156 valence electrons. The van der Waals surface area contributed by atoms with Gasteiger partial charge < -0.3 is 10.1 Å². The number of carbonyl (C=O) groups excluding carboxylic acids is 2. The molecule has 5 nitrogen and oxygen atoms in total. The second kappa shape index (κ2) is 10.6. The minimum Gasteiger partial charge on any atom is -0.497 e. The van der Waals surface area contributed by atoms with E-state index < -0.39 is 6.04 Å². The van der Waals surface area contributed by atoms with Crippen LogP contribution in [0.2, 0.25) is 0 Å². The molecule has 0 fully saturated rings. The lowest BCUT2D eigenvalue weighted by atomic mass is 10.1. The van der Waals surface area contributed by atoms with Crippen molar-refractivity contribution in [3.63, 3.8) is 0 Å². The highest BCUT2D eigenvalue weighted by molar-refractivity contribution is 7.10. The molecule has 2 aromatic carbocycles. The minimum atomic E-state index is -0.736. The van der Waals surface area contributed by atoms with Crippen molar-refractivity contribution < 1.29 is 14.3 Å². The van der Waals surface area contributed by atoms with E-state index in [0.29, 0.717) is 18.0 Å². The number of benzene rings is 2. The number of amides is 2. The summed E-state index contributed by atoms with van der Waals surface area (Å²) in [5, 5.41) is 4.94. The van der Waals surface area contributed by atoms with Gasteiger partial charge >= 0.3 is 0 Å². The maximum Gasteiger partial charge on any atom is 0.248 e. The zero-order chi connectivity index (χ0) is 21.3. The largest absolute Gasteiger partial charge is 0.497 e. The molecule has 0 aliphatic heterocycles. The van der Waals surface area contributed by atoms with Gasteiger partial charge in [-0.05, 0) is 35.6 Å². The van der Waals surface area contributed by atoms with Gasteiger partial charge in [0.25, 0.3) is 0 Å². The first-order chi connectivity index (χ1) is 14.6. The fourth-order valence-electron chi connectivity index (χ4n) is 3.26. The summed E-state index contributed by atoms with van der Waals surface area (Å²) in [7, 11) is 1.58. The number of carbonyl (C=O) groups is 2. The van der Waals surface area contributed by atoms with Gasteiger partial charge in [-0.2, -0.15) is 0 Å². The van der Waals surface area contributed by atoms with Crippen molar-refractivity contribution in [2.45, 2.75) is 25.8 Å². The zero-order valence-electron chi connectivity index (χ0n) is 17.2. The Morgan fingerprint density at radius 2 is 1.87 bits per heavy atom. The Kier molecular flexibility index (Phi) is 7.63. The number of hydrogen-bond acceptors (Lipinski definition) is 4. The van der Waals surface area contributed by atoms with Gasteiger partial charge in [0.15, 0.2) is 0 Å². The molecule has 1 heterocycles. The van der Waals surface area contributed by atoms with Gasteiger partial charge in [0, 0.05) is 29.6 Å². The van der Waals surface area contributed by atoms with Crippen molar-refractivity contribution in [3.05, 3.63) is 82.6 Å². The van der Waals surface area contributed by atoms with Crippen LogP contribution in [0.25, 0.3) is 0 Å². The van der Waals surface area contributed by atoms with E-state index >= 15 is 0 Å². The van der Waals surface area contributed by atoms with Crippen LogP contribution >= 0.6 is 11.3 Å². The molecule has 30 heavy (non-hydrogen) atoms. The van der Waals surface area contributed by atoms with E-state index in [1.54, 1.807) is 25.0 Å². The van der Waals surface area contributed by atoms with Crippen LogP contribution in [-0.4, -0.2) is 25.5 Å². The number of nitrogens with one attached hydrogen (secondary N) is 1. The number of anilines is 1. The summed E-state index contributed by atoms with van der Waals surface area (Å²) in [6.45, 7) is 2.30. The maximum atomic E-state index is 13.3. The number of methoxy groups -OCH3 is 1. The fourth-order valence-corrected chi connectivity index (χ4v) is 4.07. The van der Waals surface area contributed by atoms with Crippen molar-refractivity contribution in [1.29, 1.82) is 0 Å². The summed E-state index contributed by atoms with van der Waals surface area (Å²) in [5.74, 6) is 0.314. The summed E-state index contributed by atoms with van der Waals surface area (Å²) in [6, 6.07) is 20.3. The first-order valence-corrected chi connectivity index (χ1v) is 10.8. The van der Waals surface area contributed by atoms with Gasteiger partial charge in [-0.25, -0.2) is 0 Å². The molecule has 0 aliphatic rings. The topological polar surface area (TPSA) is 58.6 Å². The molecule has 0 bridgehead atoms. The lowest BCUT2D eigenvalue weighted by Crippen LogP contribution is -2.44. The van der Waals surface area contributed by atoms with E-state index in [2.05, 4.69) is 5.32 Å². The standard InChI is InChI=1S/C24H26N2O3S/c1-3-22(27)26(19-11-7-12-20(17-19)29-2)23(21-13-8-16-30-21)24(28)25-15-14-18-9-5-4-6-10-18/h4-13,16-17,23H,3,14-15H2,1-2H3,(H,25,28). The average molecular weight is 423 g/mol. The van der Waals surface area contributed by atoms with Crippen LogP contribution in [0.1, 0.15) is 29.8 Å². The van der Waals surface area contributed by atoms with Crippen LogP contribution in [0.4, 0.5) is 5.69 Å². The Hall–Kier alpha value is -3.12. The zero-order valence-corrected chi connectivity index (χ0v) is 18.0. The SMILES string of the molecule is CCC(=O)N(c1cccc(OC)c1)C(C(=O)NCCc1ccccc1)c1cccs1. The minimum absolute atomic E-state index is 0.125. The maximum absolute atomic E-state index is 13.3. The van der Waals surface area contributed by atoms with Crippen molar-refractivity contribution in [2.75, 3.05) is 18.6 Å². The average Bonchev–Trinajstić information content (AvgIpc) is 3.31. The van der Waals surface area contributed by atoms with Crippen LogP contribution in [0, 0.1) is 0 Å². The highest BCUT2D eigenvalue weighted by Crippen LogP contribution is 2.33. The van der Waals surface area contributed by atoms with Gasteiger partial charge in [0.1, 0.15) is 11.8 Å². The van der Waals surface area contributed by atoms with E-state index in [1.807, 2.05) is 66.0 Å². The highest BCUT2D eigenvalue weighted by atomic mass is 32.1. The first-order valence-electron chi connectivity index (χ1n) is 9.95. The first kappa shape index (κ1) is 21.6. The Bertz CT molecular complexity index is 958. The molecule has 1 aromatic heterocycles. The van der Waals surface area contributed by atoms with E-state index in [4.69, 9.17) is 4.74 Å². The quantitative estimate of drug-likeness (QED) is 0.548. The third-order valence-corrected chi connectivity index (χ3v) is 5.70. The van der Waals surface area contributed by atoms with Gasteiger partial charge in [-0.3, -0.25) is 14.5 Å². The Labute approximate surface area is 181 Å². The predicted octanol–water partition coefficient (Wildman–Crippen LogP) is 4.60. The number of ether oxygens (including phenoxy) is 1. The third kappa shape index (κ3) is 5.27. The molecular formula is C24H26N2O3S. The van der Waals surface area contributed by atoms with E-state index in [0.717, 1.165) is 16.9 Å². The molecule has 1 unspecified atom stereocenters. The van der Waals surface area contributed by atoms with Crippen molar-refractivity contribution in [1.82, 2.24) is 5.32 Å². The molecule has 0 spiro atoms. The van der Waals surface area contributed by atoms with Gasteiger partial charge in [0.2, 0.25) is 11.8 Å². The van der Waals surface area contributed by atoms with E-state index in [1.165, 1.54) is 11.3 Å². The summed E-state index contributed by atoms with van der Waals surface area (Å²) in [4.78, 5) is 28.6. The van der Waals surface area contributed by atoms with Gasteiger partial charge in [-0.15, -0.1) is 11.3 Å². The van der Waals surface area contributed by atoms with Crippen LogP contribution in [-0.2, 0) is 16.0 Å². The van der Waals surface area contributed by atoms with Gasteiger partial charge in [-0.1, -0.05) is 49.4 Å². The Balaban J connectivity index is 1.87. The van der Waals surface area contributed by atoms with Crippen molar-refractivity contribution in [2.24, 2.45) is 0 Å². The van der Waals surface area contributed by atoms with Crippen molar-refractivity contribution in [3.8, 4) is 5.75 Å². The lowest BCUT2D eigenvalue weighted by molar-refractivity contribution is -0.126. The molecule has 0 saturated heterocycles. The molecule has 1 atom stereocenters. The van der Waals surface area contributed by atoms with Crippen LogP contribution in [0.15, 0.2) is 72.1 Å². The summed E-state index contributed by atoms with van der Waals surface area (Å²) in [6.07, 6.45) is 1.01. The second-order valence-corrected chi connectivity index (χ2v) is 7.74. The molecule has 0 saturated carbocycles. The predicted molar refractivity (Wildman–Crippen MR) is 121 cm³/mol. The molecule has 0 radical (unpaired) electrons. The molecule has 3 rings (SSSR count). The number of nitrogens with zero attached hydrogens (tertiary/aromatic N) is 1. The third-order valence-electron chi connectivity index (χ3n) is 4.78. The van der Waals surface area contributed by atoms with Crippen molar-refractivity contribution >= 4 is 28.8 Å². The molecule has 3 aromatic rings. The van der Waals surface area contributed by atoms with Crippen LogP contribution in [0.3, 0.4) is 0 Å². The number of hydrogen-bond donors (Lipinski definition) is 1. The second-order valence-electron chi connectivity index (χ2n) is 6.76. The normalized spacial score (nSPS) is 11.5. The van der Waals surface area contributed by atoms with E-state index in [-0.39, 0.29) is 18.2 Å². The smallest absolute Gasteiger partial charge is 0.248 e. The molecule has 6 heteroatoms. The summed E-state index contributed by atoms with van der Waals surface area (Å²) < 4.78 is 5.33. The fraction of sp³-hybridized carbons (Fsp3) is 0.250. The lowest BCUT2D eigenvalue weighted by Gasteiger charge is -2.30. The molecular weight excluding hydrogens is 396 g/mol.